The van der Waals surface area contributed by atoms with Gasteiger partial charge in [-0.25, -0.2) is 9.37 Å². The van der Waals surface area contributed by atoms with Crippen molar-refractivity contribution in [3.8, 4) is 5.75 Å². The molecule has 1 unspecified atom stereocenters. The summed E-state index contributed by atoms with van der Waals surface area (Å²) in [5, 5.41) is 5.09. The largest absolute Gasteiger partial charge is 0.478 e. The number of nitrogens with zero attached hydrogens (tertiary/aromatic N) is 2. The molecular formula is C18H18FN3O3S. The second kappa shape index (κ2) is 7.65. The molecule has 0 spiro atoms. The Labute approximate surface area is 153 Å². The Balaban J connectivity index is 1.60. The molecule has 1 amide bonds. The third-order valence-electron chi connectivity index (χ3n) is 3.92. The van der Waals surface area contributed by atoms with Gasteiger partial charge in [0.1, 0.15) is 10.7 Å². The minimum atomic E-state index is -0.859. The minimum absolute atomic E-state index is 0.0225. The quantitative estimate of drug-likeness (QED) is 0.718. The Morgan fingerprint density at radius 2 is 2.15 bits per heavy atom. The van der Waals surface area contributed by atoms with Crippen molar-refractivity contribution in [1.82, 2.24) is 14.9 Å². The van der Waals surface area contributed by atoms with Gasteiger partial charge >= 0.3 is 0 Å². The maximum Gasteiger partial charge on any atom is 0.262 e. The van der Waals surface area contributed by atoms with Gasteiger partial charge in [-0.3, -0.25) is 14.2 Å². The monoisotopic (exact) mass is 375 g/mol. The predicted molar refractivity (Wildman–Crippen MR) is 98.1 cm³/mol. The predicted octanol–water partition coefficient (Wildman–Crippen LogP) is 2.49. The molecule has 1 N–H and O–H groups in total. The number of para-hydroxylation sites is 1. The van der Waals surface area contributed by atoms with Crippen LogP contribution in [0.5, 0.6) is 5.75 Å². The number of rotatable bonds is 6. The van der Waals surface area contributed by atoms with Gasteiger partial charge in [0, 0.05) is 13.1 Å². The molecule has 6 nitrogen and oxygen atoms in total. The number of aromatic nitrogens is 2. The van der Waals surface area contributed by atoms with Crippen LogP contribution in [0, 0.1) is 12.7 Å². The van der Waals surface area contributed by atoms with Crippen molar-refractivity contribution < 1.29 is 13.9 Å². The zero-order valence-corrected chi connectivity index (χ0v) is 15.2. The zero-order chi connectivity index (χ0) is 18.7. The van der Waals surface area contributed by atoms with E-state index in [4.69, 9.17) is 4.74 Å². The van der Waals surface area contributed by atoms with Gasteiger partial charge in [0.25, 0.3) is 11.5 Å². The molecule has 8 heteroatoms. The number of halogens is 1. The van der Waals surface area contributed by atoms with Gasteiger partial charge in [0.15, 0.2) is 17.7 Å². The van der Waals surface area contributed by atoms with Gasteiger partial charge in [0.2, 0.25) is 0 Å². The molecule has 0 saturated heterocycles. The van der Waals surface area contributed by atoms with Crippen LogP contribution < -0.4 is 15.6 Å². The number of nitrogens with one attached hydrogen (secondary N) is 1. The van der Waals surface area contributed by atoms with E-state index in [1.807, 2.05) is 5.38 Å². The van der Waals surface area contributed by atoms with Crippen LogP contribution in [0.15, 0.2) is 40.5 Å². The summed E-state index contributed by atoms with van der Waals surface area (Å²) in [5.74, 6) is -0.294. The van der Waals surface area contributed by atoms with Crippen molar-refractivity contribution in [2.75, 3.05) is 6.54 Å². The van der Waals surface area contributed by atoms with Crippen LogP contribution >= 0.6 is 11.3 Å². The molecule has 1 aromatic carbocycles. The molecule has 136 valence electrons. The second-order valence-electron chi connectivity index (χ2n) is 5.74. The number of thiophene rings is 1. The van der Waals surface area contributed by atoms with Crippen molar-refractivity contribution in [3.05, 3.63) is 57.7 Å². The molecule has 2 heterocycles. The van der Waals surface area contributed by atoms with Crippen molar-refractivity contribution in [3.63, 3.8) is 0 Å². The summed E-state index contributed by atoms with van der Waals surface area (Å²) in [6.45, 7) is 3.83. The van der Waals surface area contributed by atoms with Crippen LogP contribution in [-0.4, -0.2) is 28.1 Å². The first kappa shape index (κ1) is 18.1. The molecule has 0 radical (unpaired) electrons. The normalized spacial score (nSPS) is 12.1. The van der Waals surface area contributed by atoms with Gasteiger partial charge in [-0.15, -0.1) is 11.3 Å². The molecule has 26 heavy (non-hydrogen) atoms. The first-order chi connectivity index (χ1) is 12.5. The van der Waals surface area contributed by atoms with Crippen LogP contribution in [0.4, 0.5) is 4.39 Å². The summed E-state index contributed by atoms with van der Waals surface area (Å²) in [6, 6.07) is 7.65. The van der Waals surface area contributed by atoms with E-state index in [0.29, 0.717) is 22.6 Å². The number of fused-ring (bicyclic) bond motifs is 1. The number of hydrogen-bond donors (Lipinski definition) is 1. The van der Waals surface area contributed by atoms with E-state index in [0.717, 1.165) is 0 Å². The molecule has 0 aliphatic heterocycles. The van der Waals surface area contributed by atoms with E-state index in [2.05, 4.69) is 10.3 Å². The summed E-state index contributed by atoms with van der Waals surface area (Å²) in [5.41, 5.74) is -0.126. The van der Waals surface area contributed by atoms with Crippen molar-refractivity contribution >= 4 is 27.5 Å². The smallest absolute Gasteiger partial charge is 0.262 e. The first-order valence-electron chi connectivity index (χ1n) is 8.11. The van der Waals surface area contributed by atoms with Gasteiger partial charge in [-0.05, 0) is 37.4 Å². The maximum atomic E-state index is 13.6. The van der Waals surface area contributed by atoms with E-state index < -0.39 is 11.9 Å². The molecule has 0 aliphatic rings. The molecule has 3 rings (SSSR count). The van der Waals surface area contributed by atoms with Gasteiger partial charge in [0.05, 0.1) is 5.39 Å². The van der Waals surface area contributed by atoms with Crippen molar-refractivity contribution in [2.45, 2.75) is 26.5 Å². The van der Waals surface area contributed by atoms with Crippen molar-refractivity contribution in [1.29, 1.82) is 0 Å². The summed E-state index contributed by atoms with van der Waals surface area (Å²) in [6.07, 6.45) is -0.859. The highest BCUT2D eigenvalue weighted by Gasteiger charge is 2.16. The molecule has 0 fully saturated rings. The van der Waals surface area contributed by atoms with Crippen LogP contribution in [0.1, 0.15) is 12.7 Å². The van der Waals surface area contributed by atoms with Gasteiger partial charge in [-0.1, -0.05) is 12.1 Å². The standard InChI is InChI=1S/C18H18FN3O3S/c1-11(25-15-6-4-3-5-14(15)19)16(23)20-8-9-22-12(2)21-17-13(18(22)24)7-10-26-17/h3-7,10-11H,8-9H2,1-2H3,(H,20,23). The average Bonchev–Trinajstić information content (AvgIpc) is 3.08. The van der Waals surface area contributed by atoms with Gasteiger partial charge < -0.3 is 10.1 Å². The van der Waals surface area contributed by atoms with E-state index in [9.17, 15) is 14.0 Å². The third kappa shape index (κ3) is 3.75. The number of carbonyl (C=O) groups excluding carboxylic acids is 1. The molecule has 0 aliphatic carbocycles. The van der Waals surface area contributed by atoms with Crippen LogP contribution in [0.2, 0.25) is 0 Å². The summed E-state index contributed by atoms with van der Waals surface area (Å²) in [4.78, 5) is 29.7. The lowest BCUT2D eigenvalue weighted by Gasteiger charge is -2.16. The lowest BCUT2D eigenvalue weighted by molar-refractivity contribution is -0.127. The lowest BCUT2D eigenvalue weighted by Crippen LogP contribution is -2.39. The fraction of sp³-hybridized carbons (Fsp3) is 0.278. The molecule has 1 atom stereocenters. The van der Waals surface area contributed by atoms with Crippen LogP contribution in [-0.2, 0) is 11.3 Å². The summed E-state index contributed by atoms with van der Waals surface area (Å²) >= 11 is 1.42. The lowest BCUT2D eigenvalue weighted by atomic mass is 10.3. The first-order valence-corrected chi connectivity index (χ1v) is 8.99. The second-order valence-corrected chi connectivity index (χ2v) is 6.63. The molecule has 0 bridgehead atoms. The van der Waals surface area contributed by atoms with E-state index in [-0.39, 0.29) is 23.8 Å². The van der Waals surface area contributed by atoms with E-state index in [1.165, 1.54) is 35.0 Å². The topological polar surface area (TPSA) is 73.2 Å². The van der Waals surface area contributed by atoms with Crippen molar-refractivity contribution in [2.24, 2.45) is 0 Å². The molecule has 3 aromatic rings. The highest BCUT2D eigenvalue weighted by molar-refractivity contribution is 7.16. The summed E-state index contributed by atoms with van der Waals surface area (Å²) in [7, 11) is 0. The third-order valence-corrected chi connectivity index (χ3v) is 4.73. The Bertz CT molecular complexity index is 999. The number of aryl methyl sites for hydroxylation is 1. The van der Waals surface area contributed by atoms with Gasteiger partial charge in [-0.2, -0.15) is 0 Å². The number of benzene rings is 1. The Kier molecular flexibility index (Phi) is 5.32. The SMILES string of the molecule is Cc1nc2sccc2c(=O)n1CCNC(=O)C(C)Oc1ccccc1F. The number of hydrogen-bond acceptors (Lipinski definition) is 5. The number of amides is 1. The number of carbonyl (C=O) groups is 1. The van der Waals surface area contributed by atoms with Crippen LogP contribution in [0.3, 0.4) is 0 Å². The fourth-order valence-electron chi connectivity index (χ4n) is 2.53. The zero-order valence-electron chi connectivity index (χ0n) is 14.4. The Hall–Kier alpha value is -2.74. The van der Waals surface area contributed by atoms with Crippen LogP contribution in [0.25, 0.3) is 10.2 Å². The summed E-state index contributed by atoms with van der Waals surface area (Å²) < 4.78 is 20.4. The highest BCUT2D eigenvalue weighted by atomic mass is 32.1. The Morgan fingerprint density at radius 1 is 1.38 bits per heavy atom. The average molecular weight is 375 g/mol. The van der Waals surface area contributed by atoms with E-state index in [1.54, 1.807) is 25.1 Å². The number of ether oxygens (including phenoxy) is 1. The molecule has 0 saturated carbocycles. The fourth-order valence-corrected chi connectivity index (χ4v) is 3.33. The Morgan fingerprint density at radius 3 is 2.92 bits per heavy atom. The maximum absolute atomic E-state index is 13.6. The molecular weight excluding hydrogens is 357 g/mol. The highest BCUT2D eigenvalue weighted by Crippen LogP contribution is 2.17. The molecule has 2 aromatic heterocycles. The van der Waals surface area contributed by atoms with E-state index >= 15 is 0 Å². The minimum Gasteiger partial charge on any atom is -0.478 e.